The van der Waals surface area contributed by atoms with E-state index in [-0.39, 0.29) is 12.1 Å². The third-order valence-electron chi connectivity index (χ3n) is 5.46. The summed E-state index contributed by atoms with van der Waals surface area (Å²) in [5, 5.41) is 0. The predicted molar refractivity (Wildman–Crippen MR) is 95.6 cm³/mol. The van der Waals surface area contributed by atoms with Gasteiger partial charge in [0.05, 0.1) is 5.56 Å². The SMILES string of the molecule is CC(OC(=O)c1ccccc1-c1ccccc1)C1CC2C=CC1C2. The minimum atomic E-state index is -0.214. The van der Waals surface area contributed by atoms with Crippen LogP contribution in [0.15, 0.2) is 66.7 Å². The Bertz CT molecular complexity index is 763. The molecule has 1 fully saturated rings. The molecular formula is C22H22O2. The predicted octanol–water partition coefficient (Wildman–Crippen LogP) is 5.11. The molecule has 1 saturated carbocycles. The summed E-state index contributed by atoms with van der Waals surface area (Å²) in [7, 11) is 0. The normalized spacial score (nSPS) is 25.6. The van der Waals surface area contributed by atoms with Gasteiger partial charge >= 0.3 is 5.97 Å². The molecule has 0 radical (unpaired) electrons. The van der Waals surface area contributed by atoms with Crippen molar-refractivity contribution >= 4 is 5.97 Å². The molecule has 0 saturated heterocycles. The van der Waals surface area contributed by atoms with Crippen LogP contribution in [0.25, 0.3) is 11.1 Å². The van der Waals surface area contributed by atoms with Gasteiger partial charge in [0.25, 0.3) is 0 Å². The average molecular weight is 318 g/mol. The highest BCUT2D eigenvalue weighted by Gasteiger charge is 2.40. The number of rotatable bonds is 4. The van der Waals surface area contributed by atoms with E-state index in [0.717, 1.165) is 17.5 Å². The summed E-state index contributed by atoms with van der Waals surface area (Å²) in [6.07, 6.45) is 6.96. The van der Waals surface area contributed by atoms with Crippen LogP contribution >= 0.6 is 0 Å². The van der Waals surface area contributed by atoms with Crippen LogP contribution in [0.2, 0.25) is 0 Å². The van der Waals surface area contributed by atoms with Crippen LogP contribution in [0.4, 0.5) is 0 Å². The highest BCUT2D eigenvalue weighted by atomic mass is 16.5. The van der Waals surface area contributed by atoms with Gasteiger partial charge in [-0.05, 0) is 48.8 Å². The molecule has 2 aliphatic carbocycles. The van der Waals surface area contributed by atoms with Gasteiger partial charge in [0.2, 0.25) is 0 Å². The summed E-state index contributed by atoms with van der Waals surface area (Å²) >= 11 is 0. The van der Waals surface area contributed by atoms with Crippen molar-refractivity contribution in [2.45, 2.75) is 25.9 Å². The van der Waals surface area contributed by atoms with Crippen LogP contribution in [0, 0.1) is 17.8 Å². The van der Waals surface area contributed by atoms with E-state index in [1.165, 1.54) is 6.42 Å². The van der Waals surface area contributed by atoms with Gasteiger partial charge in [0, 0.05) is 5.92 Å². The van der Waals surface area contributed by atoms with Crippen LogP contribution in [0.1, 0.15) is 30.1 Å². The Balaban J connectivity index is 1.54. The molecule has 0 aromatic heterocycles. The molecule has 0 amide bonds. The molecule has 2 bridgehead atoms. The summed E-state index contributed by atoms with van der Waals surface area (Å²) in [4.78, 5) is 12.8. The summed E-state index contributed by atoms with van der Waals surface area (Å²) < 4.78 is 5.86. The Hall–Kier alpha value is -2.35. The van der Waals surface area contributed by atoms with Gasteiger partial charge in [-0.15, -0.1) is 0 Å². The number of esters is 1. The standard InChI is InChI=1S/C22H22O2/c1-15(21-14-16-11-12-18(21)13-16)24-22(23)20-10-6-5-9-19(20)17-7-3-2-4-8-17/h2-12,15-16,18,21H,13-14H2,1H3. The lowest BCUT2D eigenvalue weighted by Gasteiger charge is -2.25. The quantitative estimate of drug-likeness (QED) is 0.578. The maximum atomic E-state index is 12.8. The van der Waals surface area contributed by atoms with E-state index in [9.17, 15) is 4.79 Å². The van der Waals surface area contributed by atoms with E-state index in [1.54, 1.807) is 0 Å². The molecule has 4 rings (SSSR count). The zero-order chi connectivity index (χ0) is 16.5. The topological polar surface area (TPSA) is 26.3 Å². The Kier molecular flexibility index (Phi) is 3.97. The molecule has 2 aliphatic rings. The molecule has 0 heterocycles. The maximum absolute atomic E-state index is 12.8. The van der Waals surface area contributed by atoms with Crippen molar-refractivity contribution in [2.24, 2.45) is 17.8 Å². The van der Waals surface area contributed by atoms with E-state index in [2.05, 4.69) is 12.2 Å². The van der Waals surface area contributed by atoms with E-state index in [0.29, 0.717) is 23.3 Å². The molecule has 122 valence electrons. The number of allylic oxidation sites excluding steroid dienone is 2. The number of carbonyl (C=O) groups excluding carboxylic acids is 1. The van der Waals surface area contributed by atoms with Crippen LogP contribution in [0.3, 0.4) is 0 Å². The Morgan fingerprint density at radius 2 is 1.75 bits per heavy atom. The summed E-state index contributed by atoms with van der Waals surface area (Å²) in [6, 6.07) is 17.7. The number of carbonyl (C=O) groups is 1. The van der Waals surface area contributed by atoms with Gasteiger partial charge in [0.15, 0.2) is 0 Å². The third-order valence-corrected chi connectivity index (χ3v) is 5.46. The molecule has 2 aromatic carbocycles. The fourth-order valence-electron chi connectivity index (χ4n) is 4.21. The van der Waals surface area contributed by atoms with Crippen molar-refractivity contribution in [1.82, 2.24) is 0 Å². The second kappa shape index (κ2) is 6.27. The average Bonchev–Trinajstić information content (AvgIpc) is 3.26. The van der Waals surface area contributed by atoms with Crippen molar-refractivity contribution in [3.8, 4) is 11.1 Å². The van der Waals surface area contributed by atoms with E-state index in [1.807, 2.05) is 61.5 Å². The van der Waals surface area contributed by atoms with Gasteiger partial charge < -0.3 is 4.74 Å². The van der Waals surface area contributed by atoms with E-state index < -0.39 is 0 Å². The fraction of sp³-hybridized carbons (Fsp3) is 0.318. The van der Waals surface area contributed by atoms with E-state index >= 15 is 0 Å². The van der Waals surface area contributed by atoms with Crippen LogP contribution in [0.5, 0.6) is 0 Å². The number of hydrogen-bond donors (Lipinski definition) is 0. The summed E-state index contributed by atoms with van der Waals surface area (Å²) in [5.74, 6) is 1.53. The first kappa shape index (κ1) is 15.2. The van der Waals surface area contributed by atoms with Gasteiger partial charge in [-0.2, -0.15) is 0 Å². The van der Waals surface area contributed by atoms with E-state index in [4.69, 9.17) is 4.74 Å². The van der Waals surface area contributed by atoms with Crippen molar-refractivity contribution in [1.29, 1.82) is 0 Å². The lowest BCUT2D eigenvalue weighted by Crippen LogP contribution is -2.27. The van der Waals surface area contributed by atoms with Gasteiger partial charge in [-0.25, -0.2) is 4.79 Å². The first-order chi connectivity index (χ1) is 11.7. The molecule has 0 spiro atoms. The third kappa shape index (κ3) is 2.77. The second-order valence-electron chi connectivity index (χ2n) is 6.97. The number of fused-ring (bicyclic) bond motifs is 2. The van der Waals surface area contributed by atoms with Crippen LogP contribution < -0.4 is 0 Å². The lowest BCUT2D eigenvalue weighted by atomic mass is 9.89. The minimum absolute atomic E-state index is 0.0405. The Morgan fingerprint density at radius 1 is 1.00 bits per heavy atom. The smallest absolute Gasteiger partial charge is 0.339 e. The second-order valence-corrected chi connectivity index (χ2v) is 6.97. The Morgan fingerprint density at radius 3 is 2.46 bits per heavy atom. The van der Waals surface area contributed by atoms with Gasteiger partial charge in [-0.1, -0.05) is 60.7 Å². The molecule has 0 N–H and O–H groups in total. The first-order valence-corrected chi connectivity index (χ1v) is 8.76. The molecular weight excluding hydrogens is 296 g/mol. The van der Waals surface area contributed by atoms with Crippen molar-refractivity contribution < 1.29 is 9.53 Å². The molecule has 4 atom stereocenters. The highest BCUT2D eigenvalue weighted by molar-refractivity contribution is 5.97. The molecule has 2 nitrogen and oxygen atoms in total. The van der Waals surface area contributed by atoms with Gasteiger partial charge in [-0.3, -0.25) is 0 Å². The highest BCUT2D eigenvalue weighted by Crippen LogP contribution is 2.45. The fourth-order valence-corrected chi connectivity index (χ4v) is 4.21. The van der Waals surface area contributed by atoms with Crippen molar-refractivity contribution in [2.75, 3.05) is 0 Å². The van der Waals surface area contributed by atoms with Gasteiger partial charge in [0.1, 0.15) is 6.10 Å². The first-order valence-electron chi connectivity index (χ1n) is 8.76. The van der Waals surface area contributed by atoms with Crippen molar-refractivity contribution in [3.05, 3.63) is 72.3 Å². The van der Waals surface area contributed by atoms with Crippen LogP contribution in [-0.2, 0) is 4.74 Å². The molecule has 0 aliphatic heterocycles. The van der Waals surface area contributed by atoms with Crippen LogP contribution in [-0.4, -0.2) is 12.1 Å². The number of benzene rings is 2. The summed E-state index contributed by atoms with van der Waals surface area (Å²) in [5.41, 5.74) is 2.62. The molecule has 2 heteroatoms. The van der Waals surface area contributed by atoms with Crippen molar-refractivity contribution in [3.63, 3.8) is 0 Å². The Labute approximate surface area is 143 Å². The zero-order valence-electron chi connectivity index (χ0n) is 13.9. The zero-order valence-corrected chi connectivity index (χ0v) is 13.9. The number of ether oxygens (including phenoxy) is 1. The molecule has 4 unspecified atom stereocenters. The monoisotopic (exact) mass is 318 g/mol. The largest absolute Gasteiger partial charge is 0.459 e. The maximum Gasteiger partial charge on any atom is 0.339 e. The molecule has 24 heavy (non-hydrogen) atoms. The minimum Gasteiger partial charge on any atom is -0.459 e. The lowest BCUT2D eigenvalue weighted by molar-refractivity contribution is 0.0160. The molecule has 2 aromatic rings. The summed E-state index contributed by atoms with van der Waals surface area (Å²) in [6.45, 7) is 2.04. The number of hydrogen-bond acceptors (Lipinski definition) is 2.